The van der Waals surface area contributed by atoms with Gasteiger partial charge in [-0.05, 0) is 105 Å². The van der Waals surface area contributed by atoms with Gasteiger partial charge in [-0.25, -0.2) is 0 Å². The normalized spacial score (nSPS) is 13.7. The van der Waals surface area contributed by atoms with Crippen LogP contribution in [0.4, 0.5) is 0 Å². The molecule has 2 nitrogen and oxygen atoms in total. The Hall–Kier alpha value is -6.64. The molecule has 0 radical (unpaired) electrons. The highest BCUT2D eigenvalue weighted by Crippen LogP contribution is 2.50. The monoisotopic (exact) mass is 649 g/mol. The fourth-order valence-electron chi connectivity index (χ4n) is 8.55. The minimum Gasteiger partial charge on any atom is -0.456 e. The first-order valence-electron chi connectivity index (χ1n) is 17.6. The molecule has 0 bridgehead atoms. The zero-order chi connectivity index (χ0) is 33.5. The van der Waals surface area contributed by atoms with E-state index in [0.29, 0.717) is 0 Å². The van der Waals surface area contributed by atoms with Crippen LogP contribution in [0, 0.1) is 0 Å². The molecule has 0 N–H and O–H groups in total. The molecule has 0 fully saturated rings. The fraction of sp³-hybridized carbons (Fsp3) is 0.0204. The van der Waals surface area contributed by atoms with Gasteiger partial charge < -0.3 is 8.98 Å². The van der Waals surface area contributed by atoms with Crippen molar-refractivity contribution in [3.8, 4) is 39.1 Å². The Labute approximate surface area is 295 Å². The third-order valence-electron chi connectivity index (χ3n) is 10.9. The molecule has 1 unspecified atom stereocenters. The summed E-state index contributed by atoms with van der Waals surface area (Å²) in [5.41, 5.74) is 16.9. The lowest BCUT2D eigenvalue weighted by Crippen LogP contribution is -1.99. The van der Waals surface area contributed by atoms with E-state index in [-0.39, 0.29) is 5.92 Å². The molecule has 51 heavy (non-hydrogen) atoms. The van der Waals surface area contributed by atoms with Gasteiger partial charge in [-0.2, -0.15) is 0 Å². The standard InChI is InChI=1S/C49H31NO/c1-2-11-31(12-3-1)32-13-10-14-33(27-32)34-21-24-41-42(28-34)37-15-4-5-18-40(37)49(41)35-22-25-47-43(29-35)44-30-36(23-26-48(44)51-47)50-45-19-8-6-16-38(45)39-17-7-9-20-46(39)50/h1-30,49H. The van der Waals surface area contributed by atoms with E-state index in [1.165, 1.54) is 71.9 Å². The predicted molar refractivity (Wildman–Crippen MR) is 212 cm³/mol. The molecule has 2 heterocycles. The van der Waals surface area contributed by atoms with Crippen LogP contribution < -0.4 is 0 Å². The Kier molecular flexibility index (Phi) is 6.05. The van der Waals surface area contributed by atoms with E-state index >= 15 is 0 Å². The summed E-state index contributed by atoms with van der Waals surface area (Å²) in [6, 6.07) is 66.2. The smallest absolute Gasteiger partial charge is 0.135 e. The maximum absolute atomic E-state index is 6.45. The zero-order valence-corrected chi connectivity index (χ0v) is 27.8. The number of hydrogen-bond donors (Lipinski definition) is 0. The van der Waals surface area contributed by atoms with Crippen LogP contribution >= 0.6 is 0 Å². The van der Waals surface area contributed by atoms with Crippen LogP contribution in [0.25, 0.3) is 82.8 Å². The Morgan fingerprint density at radius 2 is 0.980 bits per heavy atom. The fourth-order valence-corrected chi connectivity index (χ4v) is 8.55. The second-order valence-electron chi connectivity index (χ2n) is 13.7. The molecule has 238 valence electrons. The van der Waals surface area contributed by atoms with E-state index in [4.69, 9.17) is 4.42 Å². The lowest BCUT2D eigenvalue weighted by atomic mass is 9.88. The van der Waals surface area contributed by atoms with Crippen LogP contribution in [-0.2, 0) is 0 Å². The summed E-state index contributed by atoms with van der Waals surface area (Å²) < 4.78 is 8.83. The Balaban J connectivity index is 1.04. The molecule has 1 aliphatic rings. The molecule has 0 saturated heterocycles. The lowest BCUT2D eigenvalue weighted by molar-refractivity contribution is 0.668. The molecule has 0 saturated carbocycles. The highest BCUT2D eigenvalue weighted by atomic mass is 16.3. The molecule has 2 heteroatoms. The van der Waals surface area contributed by atoms with Gasteiger partial charge in [0.2, 0.25) is 0 Å². The maximum Gasteiger partial charge on any atom is 0.135 e. The molecule has 1 atom stereocenters. The van der Waals surface area contributed by atoms with Crippen molar-refractivity contribution < 1.29 is 4.42 Å². The van der Waals surface area contributed by atoms with Crippen LogP contribution in [0.3, 0.4) is 0 Å². The van der Waals surface area contributed by atoms with Crippen molar-refractivity contribution in [1.29, 1.82) is 0 Å². The Morgan fingerprint density at radius 3 is 1.78 bits per heavy atom. The third kappa shape index (κ3) is 4.30. The van der Waals surface area contributed by atoms with Crippen LogP contribution in [0.15, 0.2) is 186 Å². The zero-order valence-electron chi connectivity index (χ0n) is 27.8. The van der Waals surface area contributed by atoms with Gasteiger partial charge in [-0.1, -0.05) is 127 Å². The topological polar surface area (TPSA) is 18.1 Å². The summed E-state index contributed by atoms with van der Waals surface area (Å²) in [5.74, 6) is 0.135. The first kappa shape index (κ1) is 28.2. The van der Waals surface area contributed by atoms with E-state index < -0.39 is 0 Å². The number of fused-ring (bicyclic) bond motifs is 9. The predicted octanol–water partition coefficient (Wildman–Crippen LogP) is 13.2. The van der Waals surface area contributed by atoms with Gasteiger partial charge in [0.15, 0.2) is 0 Å². The first-order valence-corrected chi connectivity index (χ1v) is 17.6. The molecule has 1 aliphatic carbocycles. The van der Waals surface area contributed by atoms with Gasteiger partial charge in [0, 0.05) is 33.2 Å². The maximum atomic E-state index is 6.45. The number of hydrogen-bond acceptors (Lipinski definition) is 1. The third-order valence-corrected chi connectivity index (χ3v) is 10.9. The van der Waals surface area contributed by atoms with E-state index in [1.807, 2.05) is 0 Å². The summed E-state index contributed by atoms with van der Waals surface area (Å²) >= 11 is 0. The minimum atomic E-state index is 0.135. The number of aromatic nitrogens is 1. The molecule has 2 aromatic heterocycles. The van der Waals surface area contributed by atoms with Crippen molar-refractivity contribution in [2.45, 2.75) is 5.92 Å². The quantitative estimate of drug-likeness (QED) is 0.186. The lowest BCUT2D eigenvalue weighted by Gasteiger charge is -2.15. The molecule has 10 aromatic rings. The van der Waals surface area contributed by atoms with E-state index in [1.54, 1.807) is 0 Å². The SMILES string of the molecule is c1ccc(-c2cccc(-c3ccc4c(c3)-c3ccccc3C4c3ccc4oc5ccc(-n6c7ccccc7c7ccccc76)cc5c4c3)c2)cc1. The summed E-state index contributed by atoms with van der Waals surface area (Å²) in [6.07, 6.45) is 0. The number of nitrogens with zero attached hydrogens (tertiary/aromatic N) is 1. The van der Waals surface area contributed by atoms with Gasteiger partial charge in [0.05, 0.1) is 11.0 Å². The van der Waals surface area contributed by atoms with Crippen molar-refractivity contribution in [2.24, 2.45) is 0 Å². The van der Waals surface area contributed by atoms with Crippen molar-refractivity contribution in [1.82, 2.24) is 4.57 Å². The van der Waals surface area contributed by atoms with Crippen LogP contribution in [0.2, 0.25) is 0 Å². The van der Waals surface area contributed by atoms with Gasteiger partial charge in [0.25, 0.3) is 0 Å². The molecule has 8 aromatic carbocycles. The van der Waals surface area contributed by atoms with Gasteiger partial charge in [0.1, 0.15) is 11.2 Å². The highest BCUT2D eigenvalue weighted by Gasteiger charge is 2.30. The van der Waals surface area contributed by atoms with Crippen molar-refractivity contribution in [3.05, 3.63) is 199 Å². The number of furan rings is 1. The van der Waals surface area contributed by atoms with Crippen LogP contribution in [-0.4, -0.2) is 4.57 Å². The van der Waals surface area contributed by atoms with Crippen molar-refractivity contribution >= 4 is 43.7 Å². The van der Waals surface area contributed by atoms with Gasteiger partial charge in [-0.3, -0.25) is 0 Å². The van der Waals surface area contributed by atoms with Crippen molar-refractivity contribution in [2.75, 3.05) is 0 Å². The molecule has 0 amide bonds. The largest absolute Gasteiger partial charge is 0.456 e. The van der Waals surface area contributed by atoms with Gasteiger partial charge >= 0.3 is 0 Å². The molecule has 0 aliphatic heterocycles. The average Bonchev–Trinajstić information content (AvgIpc) is 3.85. The van der Waals surface area contributed by atoms with E-state index in [2.05, 4.69) is 187 Å². The summed E-state index contributed by atoms with van der Waals surface area (Å²) in [6.45, 7) is 0. The average molecular weight is 650 g/mol. The second kappa shape index (κ2) is 10.9. The molecular weight excluding hydrogens is 619 g/mol. The second-order valence-corrected chi connectivity index (χ2v) is 13.7. The van der Waals surface area contributed by atoms with Crippen molar-refractivity contribution in [3.63, 3.8) is 0 Å². The summed E-state index contributed by atoms with van der Waals surface area (Å²) in [7, 11) is 0. The molecule has 11 rings (SSSR count). The summed E-state index contributed by atoms with van der Waals surface area (Å²) in [5, 5.41) is 4.80. The molecule has 0 spiro atoms. The van der Waals surface area contributed by atoms with Gasteiger partial charge in [-0.15, -0.1) is 0 Å². The van der Waals surface area contributed by atoms with Crippen LogP contribution in [0.5, 0.6) is 0 Å². The van der Waals surface area contributed by atoms with Crippen LogP contribution in [0.1, 0.15) is 22.6 Å². The van der Waals surface area contributed by atoms with E-state index in [0.717, 1.165) is 27.6 Å². The number of para-hydroxylation sites is 2. The molecular formula is C49H31NO. The summed E-state index contributed by atoms with van der Waals surface area (Å²) in [4.78, 5) is 0. The number of rotatable bonds is 4. The minimum absolute atomic E-state index is 0.135. The highest BCUT2D eigenvalue weighted by molar-refractivity contribution is 6.10. The number of benzene rings is 8. The first-order chi connectivity index (χ1) is 25.3. The van der Waals surface area contributed by atoms with E-state index in [9.17, 15) is 0 Å². The Bertz CT molecular complexity index is 2930. The Morgan fingerprint density at radius 1 is 0.373 bits per heavy atom.